The molecule has 1 saturated heterocycles. The van der Waals surface area contributed by atoms with Gasteiger partial charge in [0.05, 0.1) is 45.4 Å². The summed E-state index contributed by atoms with van der Waals surface area (Å²) in [5.74, 6) is 2.15. The Morgan fingerprint density at radius 2 is 1.73 bits per heavy atom. The van der Waals surface area contributed by atoms with Gasteiger partial charge in [-0.05, 0) is 109 Å². The van der Waals surface area contributed by atoms with Crippen molar-refractivity contribution >= 4 is 39.2 Å². The van der Waals surface area contributed by atoms with E-state index in [0.29, 0.717) is 29.9 Å². The number of aryl methyl sites for hydroxylation is 1. The van der Waals surface area contributed by atoms with E-state index in [-0.39, 0.29) is 11.0 Å². The average molecular weight is 577 g/mol. The third-order valence-corrected chi connectivity index (χ3v) is 9.90. The maximum Gasteiger partial charge on any atom is 0.229 e. The molecule has 5 rings (SSSR count). The largest absolute Gasteiger partial charge is 0.489 e. The van der Waals surface area contributed by atoms with E-state index in [1.165, 1.54) is 11.1 Å². The number of nitrogens with one attached hydrogen (secondary N) is 2. The smallest absolute Gasteiger partial charge is 0.229 e. The Morgan fingerprint density at radius 3 is 2.44 bits per heavy atom. The number of aromatic nitrogens is 2. The normalized spacial score (nSPS) is 15.9. The first-order valence-electron chi connectivity index (χ1n) is 14.3. The maximum atomic E-state index is 13.1. The van der Waals surface area contributed by atoms with E-state index in [4.69, 9.17) is 14.7 Å². The highest BCUT2D eigenvalue weighted by molar-refractivity contribution is 7.92. The van der Waals surface area contributed by atoms with Crippen LogP contribution in [0.2, 0.25) is 0 Å². The van der Waals surface area contributed by atoms with E-state index in [9.17, 15) is 8.42 Å². The molecule has 41 heavy (non-hydrogen) atoms. The van der Waals surface area contributed by atoms with Crippen LogP contribution in [0, 0.1) is 6.92 Å². The minimum Gasteiger partial charge on any atom is -0.489 e. The van der Waals surface area contributed by atoms with Gasteiger partial charge in [0.2, 0.25) is 5.95 Å². The lowest BCUT2D eigenvalue weighted by atomic mass is 9.86. The van der Waals surface area contributed by atoms with Gasteiger partial charge < -0.3 is 20.3 Å². The molecule has 9 nitrogen and oxygen atoms in total. The van der Waals surface area contributed by atoms with Crippen molar-refractivity contribution in [1.29, 1.82) is 0 Å². The van der Waals surface area contributed by atoms with Crippen molar-refractivity contribution in [1.82, 2.24) is 14.9 Å². The summed E-state index contributed by atoms with van der Waals surface area (Å²) in [6.45, 7) is 12.2. The van der Waals surface area contributed by atoms with Gasteiger partial charge in [-0.15, -0.1) is 0 Å². The third-order valence-electron chi connectivity index (χ3n) is 7.69. The molecule has 0 bridgehead atoms. The fraction of sp³-hybridized carbons (Fsp3) is 0.452. The van der Waals surface area contributed by atoms with Crippen LogP contribution < -0.4 is 15.4 Å². The van der Waals surface area contributed by atoms with Crippen LogP contribution >= 0.6 is 0 Å². The first-order chi connectivity index (χ1) is 19.5. The SMILES string of the molecule is Cc1cc(Nc2nc3c(c(Nc4ccccc4S(=O)(=O)C(C)C)n2)C=NC3)c(OC(C)C)cc1C1CCN(C)CC1. The Balaban J connectivity index is 1.50. The van der Waals surface area contributed by atoms with Gasteiger partial charge in [-0.25, -0.2) is 13.4 Å². The highest BCUT2D eigenvalue weighted by Gasteiger charge is 2.25. The summed E-state index contributed by atoms with van der Waals surface area (Å²) in [6.07, 6.45) is 3.98. The second-order valence-electron chi connectivity index (χ2n) is 11.5. The molecule has 3 aromatic rings. The quantitative estimate of drug-likeness (QED) is 0.320. The van der Waals surface area contributed by atoms with E-state index in [0.717, 1.165) is 48.6 Å². The molecule has 2 aliphatic heterocycles. The number of aliphatic imine (C=N–C) groups is 1. The standard InChI is InChI=1S/C31H40N6O3S/c1-19(2)40-28-16-23(22-11-13-37(6)14-12-22)21(5)15-26(28)34-31-35-27-18-32-17-24(27)30(36-31)33-25-9-7-8-10-29(25)41(38,39)20(3)4/h7-10,15-17,19-20,22H,11-14,18H2,1-6H3,(H2,33,34,35,36). The molecule has 0 saturated carbocycles. The molecular formula is C31H40N6O3S. The molecule has 0 aliphatic carbocycles. The fourth-order valence-corrected chi connectivity index (χ4v) is 6.58. The number of fused-ring (bicyclic) bond motifs is 1. The molecule has 0 amide bonds. The molecule has 2 aliphatic rings. The van der Waals surface area contributed by atoms with Crippen LogP contribution in [-0.4, -0.2) is 61.0 Å². The summed E-state index contributed by atoms with van der Waals surface area (Å²) < 4.78 is 32.4. The lowest BCUT2D eigenvalue weighted by Gasteiger charge is -2.30. The number of piperidine rings is 1. The van der Waals surface area contributed by atoms with Crippen LogP contribution in [0.3, 0.4) is 0 Å². The number of ether oxygens (including phenoxy) is 1. The minimum absolute atomic E-state index is 0.00503. The van der Waals surface area contributed by atoms with Gasteiger partial charge in [0.25, 0.3) is 0 Å². The van der Waals surface area contributed by atoms with Crippen LogP contribution in [0.5, 0.6) is 5.75 Å². The van der Waals surface area contributed by atoms with Gasteiger partial charge in [0, 0.05) is 6.21 Å². The number of hydrogen-bond donors (Lipinski definition) is 2. The highest BCUT2D eigenvalue weighted by atomic mass is 32.2. The van der Waals surface area contributed by atoms with Crippen LogP contribution in [0.25, 0.3) is 0 Å². The lowest BCUT2D eigenvalue weighted by Crippen LogP contribution is -2.29. The van der Waals surface area contributed by atoms with Crippen molar-refractivity contribution in [3.63, 3.8) is 0 Å². The summed E-state index contributed by atoms with van der Waals surface area (Å²) in [5, 5.41) is 6.13. The van der Waals surface area contributed by atoms with Gasteiger partial charge in [-0.1, -0.05) is 12.1 Å². The number of rotatable bonds is 9. The molecular weight excluding hydrogens is 536 g/mol. The molecule has 3 heterocycles. The number of para-hydroxylation sites is 1. The molecule has 0 unspecified atom stereocenters. The van der Waals surface area contributed by atoms with Crippen molar-refractivity contribution < 1.29 is 13.2 Å². The summed E-state index contributed by atoms with van der Waals surface area (Å²) in [7, 11) is -1.34. The van der Waals surface area contributed by atoms with Crippen molar-refractivity contribution in [2.75, 3.05) is 30.8 Å². The first kappa shape index (κ1) is 29.0. The summed E-state index contributed by atoms with van der Waals surface area (Å²) in [6, 6.07) is 11.2. The summed E-state index contributed by atoms with van der Waals surface area (Å²) in [5.41, 5.74) is 5.30. The Labute approximate surface area is 243 Å². The van der Waals surface area contributed by atoms with Gasteiger partial charge >= 0.3 is 0 Å². The molecule has 2 N–H and O–H groups in total. The maximum absolute atomic E-state index is 13.1. The van der Waals surface area contributed by atoms with E-state index < -0.39 is 15.1 Å². The number of benzene rings is 2. The Morgan fingerprint density at radius 1 is 1.00 bits per heavy atom. The van der Waals surface area contributed by atoms with Gasteiger partial charge in [0.15, 0.2) is 9.84 Å². The summed E-state index contributed by atoms with van der Waals surface area (Å²) >= 11 is 0. The minimum atomic E-state index is -3.51. The molecule has 1 fully saturated rings. The monoisotopic (exact) mass is 576 g/mol. The van der Waals surface area contributed by atoms with E-state index in [1.807, 2.05) is 13.8 Å². The Bertz CT molecular complexity index is 1560. The van der Waals surface area contributed by atoms with Crippen molar-refractivity contribution in [2.45, 2.75) is 76.2 Å². The topological polar surface area (TPSA) is 109 Å². The number of likely N-dealkylation sites (tertiary alicyclic amines) is 1. The molecule has 0 spiro atoms. The van der Waals surface area contributed by atoms with Crippen LogP contribution in [0.15, 0.2) is 46.3 Å². The van der Waals surface area contributed by atoms with Crippen LogP contribution in [-0.2, 0) is 16.4 Å². The number of nitrogens with zero attached hydrogens (tertiary/aromatic N) is 4. The zero-order valence-corrected chi connectivity index (χ0v) is 25.5. The lowest BCUT2D eigenvalue weighted by molar-refractivity contribution is 0.241. The summed E-state index contributed by atoms with van der Waals surface area (Å²) in [4.78, 5) is 16.6. The zero-order chi connectivity index (χ0) is 29.3. The molecule has 2 aromatic carbocycles. The molecule has 218 valence electrons. The van der Waals surface area contributed by atoms with Gasteiger partial charge in [0.1, 0.15) is 11.6 Å². The first-order valence-corrected chi connectivity index (χ1v) is 15.8. The van der Waals surface area contributed by atoms with Crippen LogP contribution in [0.1, 0.15) is 68.8 Å². The van der Waals surface area contributed by atoms with Crippen LogP contribution in [0.4, 0.5) is 23.1 Å². The predicted molar refractivity (Wildman–Crippen MR) is 165 cm³/mol. The van der Waals surface area contributed by atoms with Gasteiger partial charge in [-0.2, -0.15) is 4.98 Å². The second kappa shape index (κ2) is 11.8. The number of hydrogen-bond acceptors (Lipinski definition) is 9. The zero-order valence-electron chi connectivity index (χ0n) is 24.7. The predicted octanol–water partition coefficient (Wildman–Crippen LogP) is 5.98. The van der Waals surface area contributed by atoms with Crippen molar-refractivity contribution in [3.8, 4) is 5.75 Å². The van der Waals surface area contributed by atoms with Crippen molar-refractivity contribution in [3.05, 3.63) is 58.8 Å². The average Bonchev–Trinajstić information content (AvgIpc) is 3.40. The number of anilines is 4. The fourth-order valence-electron chi connectivity index (χ4n) is 5.38. The Kier molecular flexibility index (Phi) is 8.33. The molecule has 0 radical (unpaired) electrons. The highest BCUT2D eigenvalue weighted by Crippen LogP contribution is 2.38. The van der Waals surface area contributed by atoms with E-state index >= 15 is 0 Å². The molecule has 1 aromatic heterocycles. The third kappa shape index (κ3) is 6.23. The Hall–Kier alpha value is -3.50. The molecule has 10 heteroatoms. The van der Waals surface area contributed by atoms with E-state index in [2.05, 4.69) is 46.6 Å². The van der Waals surface area contributed by atoms with Gasteiger partial charge in [-0.3, -0.25) is 4.99 Å². The number of sulfone groups is 1. The van der Waals surface area contributed by atoms with Crippen molar-refractivity contribution in [2.24, 2.45) is 4.99 Å². The molecule has 0 atom stereocenters. The second-order valence-corrected chi connectivity index (χ2v) is 14.0. The van der Waals surface area contributed by atoms with E-state index in [1.54, 1.807) is 44.3 Å².